The third kappa shape index (κ3) is 5.17. The van der Waals surface area contributed by atoms with Crippen LogP contribution in [0.5, 0.6) is 17.2 Å². The summed E-state index contributed by atoms with van der Waals surface area (Å²) in [5.41, 5.74) is 0.940. The second-order valence-electron chi connectivity index (χ2n) is 8.99. The molecule has 2 aromatic carbocycles. The SMILES string of the molecule is CCCCOc1ccc2c(c1F)C(=O)N(C[C@H]1CC[C@H](COc3cccc(O)c3)CC1)C2. The van der Waals surface area contributed by atoms with Crippen LogP contribution in [-0.4, -0.2) is 35.7 Å². The molecule has 0 saturated heterocycles. The number of ether oxygens (including phenoxy) is 2. The molecular weight excluding hydrogens is 409 g/mol. The van der Waals surface area contributed by atoms with Crippen molar-refractivity contribution in [2.75, 3.05) is 19.8 Å². The van der Waals surface area contributed by atoms with Crippen molar-refractivity contribution in [1.29, 1.82) is 0 Å². The predicted octanol–water partition coefficient (Wildman–Crippen LogP) is 5.55. The summed E-state index contributed by atoms with van der Waals surface area (Å²) in [4.78, 5) is 14.7. The lowest BCUT2D eigenvalue weighted by molar-refractivity contribution is 0.0717. The molecule has 0 spiro atoms. The van der Waals surface area contributed by atoms with Crippen LogP contribution in [0.4, 0.5) is 4.39 Å². The average molecular weight is 442 g/mol. The fourth-order valence-electron chi connectivity index (χ4n) is 4.66. The maximum absolute atomic E-state index is 14.9. The number of hydrogen-bond donors (Lipinski definition) is 1. The number of phenols is 1. The standard InChI is InChI=1S/C26H32FNO4/c1-2-3-13-31-23-12-11-20-16-28(26(30)24(20)25(23)27)15-18-7-9-19(10-8-18)17-32-22-6-4-5-21(29)14-22/h4-6,11-12,14,18-19,29H,2-3,7-10,13,15-17H2,1H3/t18-,19-. The first-order valence-electron chi connectivity index (χ1n) is 11.7. The highest BCUT2D eigenvalue weighted by Crippen LogP contribution is 2.35. The van der Waals surface area contributed by atoms with Gasteiger partial charge in [0, 0.05) is 19.2 Å². The Morgan fingerprint density at radius 1 is 1.09 bits per heavy atom. The van der Waals surface area contributed by atoms with Crippen molar-refractivity contribution in [1.82, 2.24) is 4.90 Å². The summed E-state index contributed by atoms with van der Waals surface area (Å²) >= 11 is 0. The Balaban J connectivity index is 1.27. The molecule has 0 atom stereocenters. The van der Waals surface area contributed by atoms with Crippen LogP contribution >= 0.6 is 0 Å². The van der Waals surface area contributed by atoms with Gasteiger partial charge < -0.3 is 19.5 Å². The van der Waals surface area contributed by atoms with E-state index in [0.29, 0.717) is 43.9 Å². The van der Waals surface area contributed by atoms with Gasteiger partial charge in [0.05, 0.1) is 18.8 Å². The number of halogens is 1. The molecule has 2 aromatic rings. The van der Waals surface area contributed by atoms with Crippen molar-refractivity contribution in [3.05, 3.63) is 53.3 Å². The Hall–Kier alpha value is -2.76. The van der Waals surface area contributed by atoms with E-state index in [1.165, 1.54) is 0 Å². The maximum atomic E-state index is 14.9. The van der Waals surface area contributed by atoms with Crippen molar-refractivity contribution in [3.8, 4) is 17.2 Å². The molecular formula is C26H32FNO4. The maximum Gasteiger partial charge on any atom is 0.257 e. The number of phenolic OH excluding ortho intramolecular Hbond substituents is 1. The van der Waals surface area contributed by atoms with Crippen LogP contribution in [0.2, 0.25) is 0 Å². The zero-order valence-corrected chi connectivity index (χ0v) is 18.7. The summed E-state index contributed by atoms with van der Waals surface area (Å²) in [6.45, 7) is 4.29. The van der Waals surface area contributed by atoms with Gasteiger partial charge in [-0.3, -0.25) is 4.79 Å². The number of carbonyl (C=O) groups excluding carboxylic acids is 1. The van der Waals surface area contributed by atoms with Crippen LogP contribution in [0.1, 0.15) is 61.4 Å². The van der Waals surface area contributed by atoms with Gasteiger partial charge >= 0.3 is 0 Å². The van der Waals surface area contributed by atoms with Gasteiger partial charge in [-0.25, -0.2) is 4.39 Å². The highest BCUT2D eigenvalue weighted by Gasteiger charge is 2.34. The molecule has 1 amide bonds. The molecule has 5 nitrogen and oxygen atoms in total. The molecule has 0 unspecified atom stereocenters. The largest absolute Gasteiger partial charge is 0.508 e. The number of hydrogen-bond acceptors (Lipinski definition) is 4. The first kappa shape index (κ1) is 22.4. The third-order valence-electron chi connectivity index (χ3n) is 6.56. The van der Waals surface area contributed by atoms with Crippen molar-refractivity contribution in [2.45, 2.75) is 52.0 Å². The molecule has 32 heavy (non-hydrogen) atoms. The van der Waals surface area contributed by atoms with Gasteiger partial charge in [-0.2, -0.15) is 0 Å². The molecule has 1 heterocycles. The summed E-state index contributed by atoms with van der Waals surface area (Å²) in [5, 5.41) is 9.55. The molecule has 6 heteroatoms. The number of benzene rings is 2. The lowest BCUT2D eigenvalue weighted by Crippen LogP contribution is -2.32. The Morgan fingerprint density at radius 3 is 2.62 bits per heavy atom. The monoisotopic (exact) mass is 441 g/mol. The minimum Gasteiger partial charge on any atom is -0.508 e. The zero-order valence-electron chi connectivity index (χ0n) is 18.7. The van der Waals surface area contributed by atoms with Crippen LogP contribution in [0, 0.1) is 17.7 Å². The minimum atomic E-state index is -0.515. The van der Waals surface area contributed by atoms with Gasteiger partial charge in [0.15, 0.2) is 11.6 Å². The van der Waals surface area contributed by atoms with E-state index in [1.807, 2.05) is 12.1 Å². The fraction of sp³-hybridized carbons (Fsp3) is 0.500. The summed E-state index contributed by atoms with van der Waals surface area (Å²) in [6.07, 6.45) is 5.98. The van der Waals surface area contributed by atoms with Crippen molar-refractivity contribution in [2.24, 2.45) is 11.8 Å². The third-order valence-corrected chi connectivity index (χ3v) is 6.56. The van der Waals surface area contributed by atoms with Crippen LogP contribution in [0.3, 0.4) is 0 Å². The van der Waals surface area contributed by atoms with Gasteiger partial charge in [0.2, 0.25) is 0 Å². The normalized spacial score (nSPS) is 20.3. The number of aromatic hydroxyl groups is 1. The van der Waals surface area contributed by atoms with E-state index in [4.69, 9.17) is 9.47 Å². The van der Waals surface area contributed by atoms with Crippen molar-refractivity contribution < 1.29 is 23.8 Å². The molecule has 1 aliphatic heterocycles. The van der Waals surface area contributed by atoms with E-state index < -0.39 is 5.82 Å². The smallest absolute Gasteiger partial charge is 0.257 e. The van der Waals surface area contributed by atoms with Gasteiger partial charge in [-0.15, -0.1) is 0 Å². The number of rotatable bonds is 9. The van der Waals surface area contributed by atoms with Crippen LogP contribution in [0.25, 0.3) is 0 Å². The number of nitrogens with zero attached hydrogens (tertiary/aromatic N) is 1. The van der Waals surface area contributed by atoms with Crippen molar-refractivity contribution >= 4 is 5.91 Å². The van der Waals surface area contributed by atoms with Gasteiger partial charge in [-0.1, -0.05) is 25.5 Å². The summed E-state index contributed by atoms with van der Waals surface area (Å²) in [7, 11) is 0. The van der Waals surface area contributed by atoms with E-state index in [1.54, 1.807) is 29.2 Å². The zero-order chi connectivity index (χ0) is 22.5. The van der Waals surface area contributed by atoms with E-state index in [0.717, 1.165) is 44.1 Å². The van der Waals surface area contributed by atoms with E-state index in [9.17, 15) is 14.3 Å². The molecule has 2 aliphatic rings. The fourth-order valence-corrected chi connectivity index (χ4v) is 4.66. The van der Waals surface area contributed by atoms with Crippen LogP contribution < -0.4 is 9.47 Å². The molecule has 1 fully saturated rings. The van der Waals surface area contributed by atoms with E-state index in [2.05, 4.69) is 6.92 Å². The van der Waals surface area contributed by atoms with Crippen molar-refractivity contribution in [3.63, 3.8) is 0 Å². The van der Waals surface area contributed by atoms with Gasteiger partial charge in [-0.05, 0) is 67.7 Å². The Bertz CT molecular complexity index is 939. The Kier molecular flexibility index (Phi) is 7.18. The lowest BCUT2D eigenvalue weighted by atomic mass is 9.82. The molecule has 1 saturated carbocycles. The molecule has 0 radical (unpaired) electrons. The summed E-state index contributed by atoms with van der Waals surface area (Å²) in [5.74, 6) is 1.24. The molecule has 0 aromatic heterocycles. The van der Waals surface area contributed by atoms with Gasteiger partial charge in [0.1, 0.15) is 11.5 Å². The second kappa shape index (κ2) is 10.2. The van der Waals surface area contributed by atoms with Crippen LogP contribution in [-0.2, 0) is 6.54 Å². The molecule has 4 rings (SSSR count). The first-order valence-corrected chi connectivity index (χ1v) is 11.7. The van der Waals surface area contributed by atoms with E-state index in [-0.39, 0.29) is 23.0 Å². The Morgan fingerprint density at radius 2 is 1.88 bits per heavy atom. The van der Waals surface area contributed by atoms with Crippen LogP contribution in [0.15, 0.2) is 36.4 Å². The minimum absolute atomic E-state index is 0.180. The predicted molar refractivity (Wildman–Crippen MR) is 121 cm³/mol. The highest BCUT2D eigenvalue weighted by atomic mass is 19.1. The molecule has 0 bridgehead atoms. The Labute approximate surface area is 189 Å². The topological polar surface area (TPSA) is 59.0 Å². The number of unbranched alkanes of at least 4 members (excludes halogenated alkanes) is 1. The van der Waals surface area contributed by atoms with E-state index >= 15 is 0 Å². The first-order chi connectivity index (χ1) is 15.5. The second-order valence-corrected chi connectivity index (χ2v) is 8.99. The number of amides is 1. The highest BCUT2D eigenvalue weighted by molar-refractivity contribution is 5.99. The van der Waals surface area contributed by atoms with Gasteiger partial charge in [0.25, 0.3) is 5.91 Å². The lowest BCUT2D eigenvalue weighted by Gasteiger charge is -2.31. The number of carbonyl (C=O) groups is 1. The molecule has 1 N–H and O–H groups in total. The molecule has 172 valence electrons. The quantitative estimate of drug-likeness (QED) is 0.518. The number of fused-ring (bicyclic) bond motifs is 1. The average Bonchev–Trinajstić information content (AvgIpc) is 3.11. The summed E-state index contributed by atoms with van der Waals surface area (Å²) < 4.78 is 26.3. The summed E-state index contributed by atoms with van der Waals surface area (Å²) in [6, 6.07) is 10.4. The molecule has 1 aliphatic carbocycles.